The van der Waals surface area contributed by atoms with Crippen LogP contribution in [-0.2, 0) is 0 Å². The minimum absolute atomic E-state index is 0.591. The second-order valence-electron chi connectivity index (χ2n) is 5.03. The van der Waals surface area contributed by atoms with E-state index in [1.165, 1.54) is 51.7 Å². The van der Waals surface area contributed by atoms with Crippen molar-refractivity contribution in [1.82, 2.24) is 10.6 Å². The van der Waals surface area contributed by atoms with Crippen molar-refractivity contribution in [3.8, 4) is 0 Å². The van der Waals surface area contributed by atoms with Crippen LogP contribution in [0.3, 0.4) is 0 Å². The number of rotatable bonds is 1. The van der Waals surface area contributed by atoms with E-state index in [0.717, 1.165) is 11.8 Å². The summed E-state index contributed by atoms with van der Waals surface area (Å²) >= 11 is 0. The Kier molecular flexibility index (Phi) is 1.88. The van der Waals surface area contributed by atoms with E-state index >= 15 is 0 Å². The summed E-state index contributed by atoms with van der Waals surface area (Å²) in [5.74, 6) is 1.96. The van der Waals surface area contributed by atoms with Crippen molar-refractivity contribution in [1.29, 1.82) is 0 Å². The van der Waals surface area contributed by atoms with Crippen molar-refractivity contribution in [2.24, 2.45) is 11.8 Å². The van der Waals surface area contributed by atoms with Crippen LogP contribution in [0.2, 0.25) is 0 Å². The van der Waals surface area contributed by atoms with E-state index < -0.39 is 0 Å². The van der Waals surface area contributed by atoms with Crippen molar-refractivity contribution in [3.05, 3.63) is 0 Å². The summed E-state index contributed by atoms with van der Waals surface area (Å²) in [5, 5.41) is 7.35. The predicted molar refractivity (Wildman–Crippen MR) is 53.7 cm³/mol. The number of hydrogen-bond donors (Lipinski definition) is 2. The van der Waals surface area contributed by atoms with Crippen LogP contribution in [0.5, 0.6) is 0 Å². The van der Waals surface area contributed by atoms with Crippen LogP contribution in [-0.4, -0.2) is 25.2 Å². The first-order chi connectivity index (χ1) is 6.42. The van der Waals surface area contributed by atoms with E-state index in [9.17, 15) is 0 Å². The normalized spacial score (nSPS) is 49.8. The third kappa shape index (κ3) is 1.08. The summed E-state index contributed by atoms with van der Waals surface area (Å²) in [5.41, 5.74) is 0.591. The fourth-order valence-corrected chi connectivity index (χ4v) is 3.75. The summed E-state index contributed by atoms with van der Waals surface area (Å²) in [6.07, 6.45) is 7.22. The average Bonchev–Trinajstić information content (AvgIpc) is 2.45. The van der Waals surface area contributed by atoms with Crippen LogP contribution in [0.4, 0.5) is 0 Å². The van der Waals surface area contributed by atoms with Crippen molar-refractivity contribution < 1.29 is 0 Å². The highest BCUT2D eigenvalue weighted by atomic mass is 15.1. The average molecular weight is 180 g/mol. The van der Waals surface area contributed by atoms with Crippen molar-refractivity contribution in [3.63, 3.8) is 0 Å². The molecule has 2 N–H and O–H groups in total. The minimum Gasteiger partial charge on any atom is -0.316 e. The summed E-state index contributed by atoms with van der Waals surface area (Å²) < 4.78 is 0. The van der Waals surface area contributed by atoms with E-state index in [0.29, 0.717) is 5.54 Å². The van der Waals surface area contributed by atoms with Gasteiger partial charge in [-0.15, -0.1) is 0 Å². The maximum absolute atomic E-state index is 3.80. The molecule has 3 atom stereocenters. The zero-order valence-electron chi connectivity index (χ0n) is 8.31. The highest BCUT2D eigenvalue weighted by Crippen LogP contribution is 2.50. The standard InChI is InChI=1S/C11H20N2/c1-2-10(8-12-6-1)11-5-3-9(11)4-7-13-11/h9-10,12-13H,1-8H2. The van der Waals surface area contributed by atoms with Gasteiger partial charge in [-0.1, -0.05) is 0 Å². The van der Waals surface area contributed by atoms with Gasteiger partial charge in [0.2, 0.25) is 0 Å². The molecule has 3 fully saturated rings. The number of nitrogens with one attached hydrogen (secondary N) is 2. The van der Waals surface area contributed by atoms with Gasteiger partial charge < -0.3 is 10.6 Å². The Morgan fingerprint density at radius 3 is 2.62 bits per heavy atom. The van der Waals surface area contributed by atoms with Crippen LogP contribution >= 0.6 is 0 Å². The maximum Gasteiger partial charge on any atom is 0.0250 e. The monoisotopic (exact) mass is 180 g/mol. The van der Waals surface area contributed by atoms with Gasteiger partial charge in [-0.2, -0.15) is 0 Å². The first-order valence-corrected chi connectivity index (χ1v) is 5.87. The van der Waals surface area contributed by atoms with Gasteiger partial charge in [0.1, 0.15) is 0 Å². The minimum atomic E-state index is 0.591. The lowest BCUT2D eigenvalue weighted by atomic mass is 9.60. The second-order valence-corrected chi connectivity index (χ2v) is 5.03. The van der Waals surface area contributed by atoms with Crippen LogP contribution in [0.25, 0.3) is 0 Å². The Bertz CT molecular complexity index is 198. The van der Waals surface area contributed by atoms with E-state index in [4.69, 9.17) is 0 Å². The van der Waals surface area contributed by atoms with Gasteiger partial charge in [0.05, 0.1) is 0 Å². The molecule has 13 heavy (non-hydrogen) atoms. The van der Waals surface area contributed by atoms with Gasteiger partial charge in [-0.25, -0.2) is 0 Å². The summed E-state index contributed by atoms with van der Waals surface area (Å²) in [6.45, 7) is 3.79. The topological polar surface area (TPSA) is 24.1 Å². The highest BCUT2D eigenvalue weighted by Gasteiger charge is 2.53. The molecule has 2 aliphatic heterocycles. The molecule has 1 aliphatic carbocycles. The van der Waals surface area contributed by atoms with Gasteiger partial charge in [0, 0.05) is 5.54 Å². The van der Waals surface area contributed by atoms with Gasteiger partial charge in [-0.3, -0.25) is 0 Å². The molecule has 0 bridgehead atoms. The molecule has 0 spiro atoms. The smallest absolute Gasteiger partial charge is 0.0250 e. The summed E-state index contributed by atoms with van der Waals surface area (Å²) in [6, 6.07) is 0. The molecule has 1 saturated carbocycles. The zero-order chi connectivity index (χ0) is 8.73. The fraction of sp³-hybridized carbons (Fsp3) is 1.00. The number of piperidine rings is 1. The quantitative estimate of drug-likeness (QED) is 0.632. The van der Waals surface area contributed by atoms with Crippen molar-refractivity contribution in [2.45, 2.75) is 37.6 Å². The molecule has 2 nitrogen and oxygen atoms in total. The molecule has 0 radical (unpaired) electrons. The van der Waals surface area contributed by atoms with E-state index in [1.54, 1.807) is 0 Å². The molecule has 3 rings (SSSR count). The summed E-state index contributed by atoms with van der Waals surface area (Å²) in [4.78, 5) is 0. The molecule has 74 valence electrons. The largest absolute Gasteiger partial charge is 0.316 e. The van der Waals surface area contributed by atoms with E-state index in [1.807, 2.05) is 0 Å². The first kappa shape index (κ1) is 8.25. The molecule has 0 aromatic rings. The predicted octanol–water partition coefficient (Wildman–Crippen LogP) is 1.13. The Morgan fingerprint density at radius 2 is 2.00 bits per heavy atom. The van der Waals surface area contributed by atoms with E-state index in [2.05, 4.69) is 10.6 Å². The van der Waals surface area contributed by atoms with Crippen LogP contribution in [0, 0.1) is 11.8 Å². The molecule has 0 aromatic carbocycles. The Hall–Kier alpha value is -0.0800. The fourth-order valence-electron chi connectivity index (χ4n) is 3.75. The number of fused-ring (bicyclic) bond motifs is 1. The lowest BCUT2D eigenvalue weighted by Crippen LogP contribution is -2.60. The number of hydrogen-bond acceptors (Lipinski definition) is 2. The van der Waals surface area contributed by atoms with Gasteiger partial charge in [-0.05, 0) is 63.6 Å². The molecule has 0 amide bonds. The summed E-state index contributed by atoms with van der Waals surface area (Å²) in [7, 11) is 0. The maximum atomic E-state index is 3.80. The Morgan fingerprint density at radius 1 is 1.00 bits per heavy atom. The third-order valence-corrected chi connectivity index (χ3v) is 4.61. The molecule has 3 aliphatic rings. The SMILES string of the molecule is C1CNCC(C23CCC2CCN3)C1. The highest BCUT2D eigenvalue weighted by molar-refractivity contribution is 5.11. The molecule has 2 heterocycles. The van der Waals surface area contributed by atoms with Gasteiger partial charge >= 0.3 is 0 Å². The van der Waals surface area contributed by atoms with Gasteiger partial charge in [0.15, 0.2) is 0 Å². The first-order valence-electron chi connectivity index (χ1n) is 5.87. The lowest BCUT2D eigenvalue weighted by Gasteiger charge is -2.52. The van der Waals surface area contributed by atoms with Gasteiger partial charge in [0.25, 0.3) is 0 Å². The molecular weight excluding hydrogens is 160 g/mol. The van der Waals surface area contributed by atoms with Crippen LogP contribution in [0.15, 0.2) is 0 Å². The lowest BCUT2D eigenvalue weighted by molar-refractivity contribution is 0.0508. The molecular formula is C11H20N2. The Labute approximate surface area is 80.5 Å². The molecule has 2 saturated heterocycles. The van der Waals surface area contributed by atoms with Crippen LogP contribution < -0.4 is 10.6 Å². The zero-order valence-corrected chi connectivity index (χ0v) is 8.31. The molecule has 0 aromatic heterocycles. The van der Waals surface area contributed by atoms with Crippen molar-refractivity contribution in [2.75, 3.05) is 19.6 Å². The Balaban J connectivity index is 1.74. The third-order valence-electron chi connectivity index (χ3n) is 4.61. The molecule has 3 unspecified atom stereocenters. The van der Waals surface area contributed by atoms with Crippen molar-refractivity contribution >= 4 is 0 Å². The molecule has 2 heteroatoms. The van der Waals surface area contributed by atoms with Crippen LogP contribution in [0.1, 0.15) is 32.1 Å². The van der Waals surface area contributed by atoms with E-state index in [-0.39, 0.29) is 0 Å². The second kappa shape index (κ2) is 2.96.